The number of likely N-dealkylation sites (N-methyl/N-ethyl adjacent to an activating group) is 1. The maximum Gasteiger partial charge on any atom is 0.249 e. The fraction of sp³-hybridized carbons (Fsp3) is 0.409. The molecule has 0 spiro atoms. The molecule has 1 aromatic carbocycles. The number of aromatic nitrogens is 2. The number of carbonyl (C=O) groups is 1. The average molecular weight is 360 g/mol. The predicted molar refractivity (Wildman–Crippen MR) is 107 cm³/mol. The minimum absolute atomic E-state index is 0.128. The van der Waals surface area contributed by atoms with E-state index in [0.717, 1.165) is 36.3 Å². The van der Waals surface area contributed by atoms with Crippen molar-refractivity contribution in [3.63, 3.8) is 0 Å². The van der Waals surface area contributed by atoms with Crippen LogP contribution in [-0.4, -0.2) is 35.0 Å². The first-order valence-electron chi connectivity index (χ1n) is 9.69. The van der Waals surface area contributed by atoms with E-state index in [0.29, 0.717) is 11.9 Å². The van der Waals surface area contributed by atoms with Crippen LogP contribution in [0.1, 0.15) is 50.4 Å². The predicted octanol–water partition coefficient (Wildman–Crippen LogP) is 3.38. The van der Waals surface area contributed by atoms with Gasteiger partial charge in [-0.05, 0) is 37.3 Å². The zero-order valence-electron chi connectivity index (χ0n) is 15.9. The highest BCUT2D eigenvalue weighted by molar-refractivity contribution is 6.04. The Balaban J connectivity index is 1.75. The molecule has 0 bridgehead atoms. The molecule has 2 heterocycles. The molecule has 27 heavy (non-hydrogen) atoms. The SMILES string of the molecule is CCC1C(=O)N(C)c2cnc(C#Cc3ccccc3)nc2N1C1CCCC1. The zero-order chi connectivity index (χ0) is 18.8. The lowest BCUT2D eigenvalue weighted by Gasteiger charge is -2.43. The number of amides is 1. The van der Waals surface area contributed by atoms with Crippen LogP contribution in [-0.2, 0) is 4.79 Å². The Labute approximate surface area is 160 Å². The van der Waals surface area contributed by atoms with Crippen molar-refractivity contribution in [3.8, 4) is 11.8 Å². The summed E-state index contributed by atoms with van der Waals surface area (Å²) in [5.74, 6) is 7.68. The van der Waals surface area contributed by atoms with Crippen LogP contribution in [0.3, 0.4) is 0 Å². The van der Waals surface area contributed by atoms with Crippen LogP contribution < -0.4 is 9.80 Å². The summed E-state index contributed by atoms with van der Waals surface area (Å²) < 4.78 is 0. The fourth-order valence-electron chi connectivity index (χ4n) is 4.09. The topological polar surface area (TPSA) is 49.3 Å². The molecule has 2 aromatic rings. The normalized spacial score (nSPS) is 19.6. The van der Waals surface area contributed by atoms with Crippen LogP contribution in [0, 0.1) is 11.8 Å². The van der Waals surface area contributed by atoms with Gasteiger partial charge >= 0.3 is 0 Å². The first-order valence-corrected chi connectivity index (χ1v) is 9.69. The summed E-state index contributed by atoms with van der Waals surface area (Å²) >= 11 is 0. The van der Waals surface area contributed by atoms with E-state index in [2.05, 4.69) is 28.6 Å². The van der Waals surface area contributed by atoms with E-state index in [-0.39, 0.29) is 11.9 Å². The third-order valence-electron chi connectivity index (χ3n) is 5.50. The van der Waals surface area contributed by atoms with Gasteiger partial charge in [0.2, 0.25) is 11.7 Å². The van der Waals surface area contributed by atoms with E-state index < -0.39 is 0 Å². The van der Waals surface area contributed by atoms with Crippen molar-refractivity contribution >= 4 is 17.4 Å². The highest BCUT2D eigenvalue weighted by atomic mass is 16.2. The Bertz CT molecular complexity index is 894. The van der Waals surface area contributed by atoms with Gasteiger partial charge in [0.15, 0.2) is 5.82 Å². The van der Waals surface area contributed by atoms with E-state index in [9.17, 15) is 4.79 Å². The number of nitrogens with zero attached hydrogens (tertiary/aromatic N) is 4. The third kappa shape index (κ3) is 3.28. The highest BCUT2D eigenvalue weighted by Crippen LogP contribution is 2.39. The van der Waals surface area contributed by atoms with Crippen molar-refractivity contribution in [3.05, 3.63) is 47.9 Å². The van der Waals surface area contributed by atoms with E-state index in [1.807, 2.05) is 37.4 Å². The van der Waals surface area contributed by atoms with Crippen molar-refractivity contribution in [2.75, 3.05) is 16.8 Å². The number of fused-ring (bicyclic) bond motifs is 1. The molecule has 1 amide bonds. The summed E-state index contributed by atoms with van der Waals surface area (Å²) in [6.45, 7) is 2.07. The lowest BCUT2D eigenvalue weighted by atomic mass is 10.0. The van der Waals surface area contributed by atoms with E-state index in [1.54, 1.807) is 11.1 Å². The third-order valence-corrected chi connectivity index (χ3v) is 5.50. The van der Waals surface area contributed by atoms with Gasteiger partial charge in [0.25, 0.3) is 0 Å². The summed E-state index contributed by atoms with van der Waals surface area (Å²) in [6.07, 6.45) is 7.16. The molecule has 2 aliphatic rings. The molecule has 1 aliphatic heterocycles. The molecule has 138 valence electrons. The zero-order valence-corrected chi connectivity index (χ0v) is 15.9. The molecule has 4 rings (SSSR count). The molecule has 1 saturated carbocycles. The van der Waals surface area contributed by atoms with Gasteiger partial charge < -0.3 is 9.80 Å². The van der Waals surface area contributed by atoms with Gasteiger partial charge in [-0.3, -0.25) is 4.79 Å². The average Bonchev–Trinajstić information content (AvgIpc) is 3.24. The van der Waals surface area contributed by atoms with Crippen molar-refractivity contribution in [2.45, 2.75) is 51.1 Å². The van der Waals surface area contributed by atoms with Crippen LogP contribution in [0.4, 0.5) is 11.5 Å². The van der Waals surface area contributed by atoms with Crippen LogP contribution in [0.25, 0.3) is 0 Å². The summed E-state index contributed by atoms with van der Waals surface area (Å²) in [5.41, 5.74) is 1.71. The number of carbonyl (C=O) groups excluding carboxylic acids is 1. The minimum atomic E-state index is -0.157. The molecule has 1 aromatic heterocycles. The standard InChI is InChI=1S/C22H24N4O/c1-3-18-22(27)25(2)19-15-23-20(14-13-16-9-5-4-6-10-16)24-21(19)26(18)17-11-7-8-12-17/h4-6,9-10,15,17-18H,3,7-8,11-12H2,1-2H3. The smallest absolute Gasteiger partial charge is 0.249 e. The molecular formula is C22H24N4O. The van der Waals surface area contributed by atoms with Gasteiger partial charge in [0.05, 0.1) is 6.20 Å². The van der Waals surface area contributed by atoms with Crippen LogP contribution in [0.15, 0.2) is 36.5 Å². The van der Waals surface area contributed by atoms with Gasteiger partial charge in [-0.15, -0.1) is 0 Å². The molecule has 1 fully saturated rings. The van der Waals surface area contributed by atoms with Crippen LogP contribution >= 0.6 is 0 Å². The first kappa shape index (κ1) is 17.5. The maximum absolute atomic E-state index is 12.9. The Morgan fingerprint density at radius 3 is 2.59 bits per heavy atom. The number of benzene rings is 1. The Hall–Kier alpha value is -2.87. The van der Waals surface area contributed by atoms with Crippen LogP contribution in [0.5, 0.6) is 0 Å². The minimum Gasteiger partial charge on any atom is -0.340 e. The molecule has 1 aliphatic carbocycles. The molecule has 0 N–H and O–H groups in total. The fourth-order valence-corrected chi connectivity index (χ4v) is 4.09. The van der Waals surface area contributed by atoms with E-state index in [1.165, 1.54) is 12.8 Å². The van der Waals surface area contributed by atoms with Crippen molar-refractivity contribution in [1.82, 2.24) is 9.97 Å². The molecule has 5 nitrogen and oxygen atoms in total. The number of rotatable bonds is 2. The lowest BCUT2D eigenvalue weighted by molar-refractivity contribution is -0.120. The molecular weight excluding hydrogens is 336 g/mol. The second kappa shape index (κ2) is 7.40. The van der Waals surface area contributed by atoms with E-state index >= 15 is 0 Å². The van der Waals surface area contributed by atoms with Crippen molar-refractivity contribution in [2.24, 2.45) is 0 Å². The van der Waals surface area contributed by atoms with Gasteiger partial charge in [-0.1, -0.05) is 43.9 Å². The highest BCUT2D eigenvalue weighted by Gasteiger charge is 2.41. The van der Waals surface area contributed by atoms with Gasteiger partial charge in [-0.25, -0.2) is 9.97 Å². The summed E-state index contributed by atoms with van der Waals surface area (Å²) in [6, 6.07) is 10.0. The first-order chi connectivity index (χ1) is 13.2. The second-order valence-corrected chi connectivity index (χ2v) is 7.19. The summed E-state index contributed by atoms with van der Waals surface area (Å²) in [4.78, 5) is 26.0. The summed E-state index contributed by atoms with van der Waals surface area (Å²) in [7, 11) is 1.81. The van der Waals surface area contributed by atoms with Gasteiger partial charge in [0, 0.05) is 18.7 Å². The van der Waals surface area contributed by atoms with Gasteiger partial charge in [-0.2, -0.15) is 0 Å². The monoisotopic (exact) mass is 360 g/mol. The Kier molecular flexibility index (Phi) is 4.81. The molecule has 5 heteroatoms. The Morgan fingerprint density at radius 2 is 1.89 bits per heavy atom. The molecule has 0 saturated heterocycles. The van der Waals surface area contributed by atoms with Crippen LogP contribution in [0.2, 0.25) is 0 Å². The quantitative estimate of drug-likeness (QED) is 0.771. The maximum atomic E-state index is 12.9. The lowest BCUT2D eigenvalue weighted by Crippen LogP contribution is -2.55. The molecule has 1 unspecified atom stereocenters. The number of hydrogen-bond donors (Lipinski definition) is 0. The summed E-state index contributed by atoms with van der Waals surface area (Å²) in [5, 5.41) is 0. The van der Waals surface area contributed by atoms with Gasteiger partial charge in [0.1, 0.15) is 11.7 Å². The van der Waals surface area contributed by atoms with E-state index in [4.69, 9.17) is 4.98 Å². The van der Waals surface area contributed by atoms with Crippen molar-refractivity contribution < 1.29 is 4.79 Å². The number of anilines is 2. The second-order valence-electron chi connectivity index (χ2n) is 7.19. The van der Waals surface area contributed by atoms with Crippen molar-refractivity contribution in [1.29, 1.82) is 0 Å². The Morgan fingerprint density at radius 1 is 1.15 bits per heavy atom. The molecule has 1 atom stereocenters. The number of hydrogen-bond acceptors (Lipinski definition) is 4. The largest absolute Gasteiger partial charge is 0.340 e. The molecule has 0 radical (unpaired) electrons.